The van der Waals surface area contributed by atoms with E-state index in [-0.39, 0.29) is 13.1 Å². The predicted octanol–water partition coefficient (Wildman–Crippen LogP) is 1.37. The summed E-state index contributed by atoms with van der Waals surface area (Å²) in [7, 11) is 1.56. The molecule has 86 valence electrons. The Balaban J connectivity index is 2.69. The lowest BCUT2D eigenvalue weighted by molar-refractivity contribution is -0.108. The van der Waals surface area contributed by atoms with Gasteiger partial charge in [0.2, 0.25) is 0 Å². The largest absolute Gasteiger partial charge is 0.497 e. The van der Waals surface area contributed by atoms with E-state index in [2.05, 4.69) is 0 Å². The van der Waals surface area contributed by atoms with Gasteiger partial charge < -0.3 is 14.6 Å². The van der Waals surface area contributed by atoms with Gasteiger partial charge in [-0.1, -0.05) is 12.1 Å². The Bertz CT molecular complexity index is 361. The van der Waals surface area contributed by atoms with Crippen molar-refractivity contribution < 1.29 is 19.4 Å². The van der Waals surface area contributed by atoms with Crippen molar-refractivity contribution in [1.29, 1.82) is 0 Å². The fourth-order valence-corrected chi connectivity index (χ4v) is 1.25. The lowest BCUT2D eigenvalue weighted by Crippen LogP contribution is -2.30. The molecule has 1 aromatic carbocycles. The molecule has 0 aliphatic carbocycles. The maximum atomic E-state index is 10.8. The number of carboxylic acid groups (broad SMARTS) is 1. The minimum absolute atomic E-state index is 0.124. The third-order valence-corrected chi connectivity index (χ3v) is 2.10. The molecule has 0 saturated carbocycles. The Morgan fingerprint density at radius 1 is 1.44 bits per heavy atom. The number of hydrogen-bond acceptors (Lipinski definition) is 3. The van der Waals surface area contributed by atoms with Gasteiger partial charge in [-0.25, -0.2) is 4.79 Å². The number of carbonyl (C=O) groups is 2. The van der Waals surface area contributed by atoms with Crippen LogP contribution in [0.1, 0.15) is 5.56 Å². The topological polar surface area (TPSA) is 66.8 Å². The Morgan fingerprint density at radius 3 is 2.50 bits per heavy atom. The van der Waals surface area contributed by atoms with Gasteiger partial charge in [-0.3, -0.25) is 4.90 Å². The Hall–Kier alpha value is -2.04. The average Bonchev–Trinajstić information content (AvgIpc) is 2.29. The van der Waals surface area contributed by atoms with Gasteiger partial charge in [-0.15, -0.1) is 0 Å². The molecule has 0 aliphatic heterocycles. The lowest BCUT2D eigenvalue weighted by atomic mass is 10.2. The molecule has 0 aromatic heterocycles. The van der Waals surface area contributed by atoms with Gasteiger partial charge in [-0.2, -0.15) is 0 Å². The van der Waals surface area contributed by atoms with E-state index in [9.17, 15) is 9.59 Å². The van der Waals surface area contributed by atoms with E-state index < -0.39 is 6.09 Å². The lowest BCUT2D eigenvalue weighted by Gasteiger charge is -2.16. The zero-order valence-corrected chi connectivity index (χ0v) is 8.92. The summed E-state index contributed by atoms with van der Waals surface area (Å²) in [6.07, 6.45) is -0.541. The Labute approximate surface area is 93.2 Å². The van der Waals surface area contributed by atoms with Crippen LogP contribution in [0.2, 0.25) is 0 Å². The Kier molecular flexibility index (Phi) is 4.32. The first kappa shape index (κ1) is 12.0. The minimum Gasteiger partial charge on any atom is -0.497 e. The summed E-state index contributed by atoms with van der Waals surface area (Å²) in [5, 5.41) is 8.81. The zero-order chi connectivity index (χ0) is 12.0. The van der Waals surface area contributed by atoms with Gasteiger partial charge in [-0.05, 0) is 17.7 Å². The highest BCUT2D eigenvalue weighted by molar-refractivity contribution is 5.69. The maximum absolute atomic E-state index is 10.8. The quantitative estimate of drug-likeness (QED) is 0.765. The second-order valence-corrected chi connectivity index (χ2v) is 3.18. The van der Waals surface area contributed by atoms with Crippen molar-refractivity contribution in [3.05, 3.63) is 29.8 Å². The molecule has 5 nitrogen and oxygen atoms in total. The van der Waals surface area contributed by atoms with Crippen LogP contribution in [0.25, 0.3) is 0 Å². The fraction of sp³-hybridized carbons (Fsp3) is 0.273. The van der Waals surface area contributed by atoms with Crippen molar-refractivity contribution >= 4 is 12.4 Å². The van der Waals surface area contributed by atoms with E-state index in [0.29, 0.717) is 12.0 Å². The van der Waals surface area contributed by atoms with Crippen LogP contribution in [0, 0.1) is 0 Å². The van der Waals surface area contributed by atoms with Crippen LogP contribution in [-0.4, -0.2) is 36.0 Å². The van der Waals surface area contributed by atoms with E-state index in [0.717, 1.165) is 10.5 Å². The molecule has 0 bridgehead atoms. The fourth-order valence-electron chi connectivity index (χ4n) is 1.25. The third kappa shape index (κ3) is 3.27. The molecule has 0 heterocycles. The summed E-state index contributed by atoms with van der Waals surface area (Å²) in [6, 6.07) is 7.02. The molecule has 16 heavy (non-hydrogen) atoms. The molecule has 5 heteroatoms. The van der Waals surface area contributed by atoms with E-state index >= 15 is 0 Å². The van der Waals surface area contributed by atoms with Gasteiger partial charge in [0.05, 0.1) is 13.7 Å². The molecule has 1 rings (SSSR count). The third-order valence-electron chi connectivity index (χ3n) is 2.10. The van der Waals surface area contributed by atoms with Crippen LogP contribution in [0.5, 0.6) is 5.75 Å². The molecule has 1 N–H and O–H groups in total. The van der Waals surface area contributed by atoms with Crippen LogP contribution in [-0.2, 0) is 11.3 Å². The number of amides is 1. The summed E-state index contributed by atoms with van der Waals surface area (Å²) in [5.74, 6) is 0.709. The van der Waals surface area contributed by atoms with Crippen molar-refractivity contribution in [1.82, 2.24) is 4.90 Å². The number of aldehydes is 1. The maximum Gasteiger partial charge on any atom is 0.407 e. The van der Waals surface area contributed by atoms with Crippen molar-refractivity contribution in [2.75, 3.05) is 13.7 Å². The molecule has 0 radical (unpaired) electrons. The highest BCUT2D eigenvalue weighted by Gasteiger charge is 2.11. The summed E-state index contributed by atoms with van der Waals surface area (Å²) in [5.41, 5.74) is 0.810. The summed E-state index contributed by atoms with van der Waals surface area (Å²) in [6.45, 7) is 0.0689. The van der Waals surface area contributed by atoms with Gasteiger partial charge in [0.15, 0.2) is 0 Å². The van der Waals surface area contributed by atoms with Crippen LogP contribution < -0.4 is 4.74 Å². The number of ether oxygens (including phenoxy) is 1. The van der Waals surface area contributed by atoms with Crippen molar-refractivity contribution in [3.63, 3.8) is 0 Å². The molecule has 0 aliphatic rings. The molecule has 0 fully saturated rings. The molecule has 0 atom stereocenters. The molecule has 0 unspecified atom stereocenters. The van der Waals surface area contributed by atoms with E-state index in [1.165, 1.54) is 0 Å². The zero-order valence-electron chi connectivity index (χ0n) is 8.92. The monoisotopic (exact) mass is 223 g/mol. The minimum atomic E-state index is -1.11. The van der Waals surface area contributed by atoms with Crippen LogP contribution in [0.4, 0.5) is 4.79 Å². The van der Waals surface area contributed by atoms with Crippen LogP contribution >= 0.6 is 0 Å². The van der Waals surface area contributed by atoms with Gasteiger partial charge in [0, 0.05) is 6.54 Å². The normalized spacial score (nSPS) is 9.56. The highest BCUT2D eigenvalue weighted by atomic mass is 16.5. The second-order valence-electron chi connectivity index (χ2n) is 3.18. The molecular weight excluding hydrogens is 210 g/mol. The molecule has 0 spiro atoms. The average molecular weight is 223 g/mol. The molecule has 0 saturated heterocycles. The molecule has 1 amide bonds. The number of nitrogens with zero attached hydrogens (tertiary/aromatic N) is 1. The molecule has 1 aromatic rings. The summed E-state index contributed by atoms with van der Waals surface area (Å²) in [4.78, 5) is 22.1. The standard InChI is InChI=1S/C11H13NO4/c1-16-10-4-2-9(3-5-10)8-12(6-7-13)11(14)15/h2-5,7H,6,8H2,1H3,(H,14,15). The van der Waals surface area contributed by atoms with E-state index in [1.807, 2.05) is 0 Å². The smallest absolute Gasteiger partial charge is 0.407 e. The number of carbonyl (C=O) groups excluding carboxylic acids is 1. The van der Waals surface area contributed by atoms with Crippen molar-refractivity contribution in [2.45, 2.75) is 6.54 Å². The van der Waals surface area contributed by atoms with Gasteiger partial charge >= 0.3 is 6.09 Å². The van der Waals surface area contributed by atoms with E-state index in [4.69, 9.17) is 9.84 Å². The first-order valence-electron chi connectivity index (χ1n) is 4.72. The van der Waals surface area contributed by atoms with Gasteiger partial charge in [0.1, 0.15) is 12.0 Å². The van der Waals surface area contributed by atoms with E-state index in [1.54, 1.807) is 31.4 Å². The highest BCUT2D eigenvalue weighted by Crippen LogP contribution is 2.12. The number of methoxy groups -OCH3 is 1. The van der Waals surface area contributed by atoms with Crippen molar-refractivity contribution in [2.24, 2.45) is 0 Å². The van der Waals surface area contributed by atoms with Crippen molar-refractivity contribution in [3.8, 4) is 5.75 Å². The summed E-state index contributed by atoms with van der Waals surface area (Å²) >= 11 is 0. The SMILES string of the molecule is COc1ccc(CN(CC=O)C(=O)O)cc1. The Morgan fingerprint density at radius 2 is 2.06 bits per heavy atom. The number of benzene rings is 1. The second kappa shape index (κ2) is 5.75. The molecular formula is C11H13NO4. The number of rotatable bonds is 5. The van der Waals surface area contributed by atoms with Crippen LogP contribution in [0.3, 0.4) is 0 Å². The first-order chi connectivity index (χ1) is 7.67. The van der Waals surface area contributed by atoms with Gasteiger partial charge in [0.25, 0.3) is 0 Å². The predicted molar refractivity (Wildman–Crippen MR) is 57.5 cm³/mol. The first-order valence-corrected chi connectivity index (χ1v) is 4.72. The number of hydrogen-bond donors (Lipinski definition) is 1. The summed E-state index contributed by atoms with van der Waals surface area (Å²) < 4.78 is 4.98. The van der Waals surface area contributed by atoms with Crippen LogP contribution in [0.15, 0.2) is 24.3 Å².